The van der Waals surface area contributed by atoms with Gasteiger partial charge in [-0.25, -0.2) is 4.79 Å². The van der Waals surface area contributed by atoms with E-state index in [9.17, 15) is 4.79 Å². The van der Waals surface area contributed by atoms with Crippen LogP contribution < -0.4 is 0 Å². The maximum Gasteiger partial charge on any atom is 0.119 e. The van der Waals surface area contributed by atoms with Crippen molar-refractivity contribution in [2.45, 2.75) is 25.7 Å². The fraction of sp³-hybridized carbons (Fsp3) is 0.667. The second-order valence-corrected chi connectivity index (χ2v) is 8.62. The molecule has 0 aromatic carbocycles. The van der Waals surface area contributed by atoms with Crippen LogP contribution in [0.4, 0.5) is 0 Å². The monoisotopic (exact) mass is 128 g/mol. The minimum Gasteiger partial charge on any atom is -0.234 e. The molecule has 0 aliphatic carbocycles. The second kappa shape index (κ2) is 2.85. The van der Waals surface area contributed by atoms with Crippen LogP contribution in [0.5, 0.6) is 0 Å². The van der Waals surface area contributed by atoms with E-state index in [0.717, 1.165) is 6.04 Å². The van der Waals surface area contributed by atoms with Gasteiger partial charge in [-0.2, -0.15) is 0 Å². The van der Waals surface area contributed by atoms with Crippen LogP contribution in [0.2, 0.25) is 25.7 Å². The van der Waals surface area contributed by atoms with E-state index in [1.807, 2.05) is 0 Å². The summed E-state index contributed by atoms with van der Waals surface area (Å²) < 4.78 is 0. The van der Waals surface area contributed by atoms with Crippen molar-refractivity contribution < 1.29 is 4.79 Å². The van der Waals surface area contributed by atoms with Crippen LogP contribution in [0.3, 0.4) is 0 Å². The Labute approximate surface area is 51.4 Å². The number of hydrogen-bond donors (Lipinski definition) is 0. The van der Waals surface area contributed by atoms with Gasteiger partial charge in [-0.1, -0.05) is 19.6 Å². The number of carbonyl (C=O) groups excluding carboxylic acids is 1. The van der Waals surface area contributed by atoms with E-state index in [1.165, 1.54) is 0 Å². The molecule has 0 bridgehead atoms. The molecule has 0 unspecified atom stereocenters. The average Bonchev–Trinajstić information content (AvgIpc) is 1.59. The van der Waals surface area contributed by atoms with E-state index in [2.05, 4.69) is 19.6 Å². The fourth-order valence-corrected chi connectivity index (χ4v) is 1.04. The Balaban J connectivity index is 3.55. The number of rotatable bonds is 2. The van der Waals surface area contributed by atoms with Crippen LogP contribution in [-0.4, -0.2) is 14.0 Å². The first-order valence-corrected chi connectivity index (χ1v) is 6.46. The Morgan fingerprint density at radius 3 is 2.12 bits per heavy atom. The minimum atomic E-state index is -0.996. The smallest absolute Gasteiger partial charge is 0.119 e. The highest BCUT2D eigenvalue weighted by Crippen LogP contribution is 2.06. The molecule has 0 amide bonds. The van der Waals surface area contributed by atoms with Crippen molar-refractivity contribution in [2.24, 2.45) is 0 Å². The van der Waals surface area contributed by atoms with Gasteiger partial charge in [-0.15, -0.1) is 0 Å². The summed E-state index contributed by atoms with van der Waals surface area (Å²) in [6.45, 7) is 6.67. The lowest BCUT2D eigenvalue weighted by Gasteiger charge is -2.09. The van der Waals surface area contributed by atoms with Crippen LogP contribution in [0, 0.1) is 0 Å². The van der Waals surface area contributed by atoms with Crippen molar-refractivity contribution in [1.29, 1.82) is 0 Å². The normalized spacial score (nSPS) is 10.4. The van der Waals surface area contributed by atoms with E-state index >= 15 is 0 Å². The molecule has 46 valence electrons. The van der Waals surface area contributed by atoms with Crippen molar-refractivity contribution in [1.82, 2.24) is 0 Å². The predicted octanol–water partition coefficient (Wildman–Crippen LogP) is 1.71. The Kier molecular flexibility index (Phi) is 2.73. The van der Waals surface area contributed by atoms with Gasteiger partial charge in [0, 0.05) is 8.07 Å². The van der Waals surface area contributed by atoms with Gasteiger partial charge in [0.05, 0.1) is 0 Å². The van der Waals surface area contributed by atoms with Crippen LogP contribution in [0.15, 0.2) is 6.08 Å². The fourth-order valence-electron chi connectivity index (χ4n) is 0.348. The summed E-state index contributed by atoms with van der Waals surface area (Å²) in [4.78, 5) is 9.69. The molecule has 0 fully saturated rings. The summed E-state index contributed by atoms with van der Waals surface area (Å²) in [7, 11) is -0.996. The zero-order chi connectivity index (χ0) is 6.62. The molecular weight excluding hydrogens is 116 g/mol. The zero-order valence-electron chi connectivity index (χ0n) is 5.69. The third-order valence-electron chi connectivity index (χ3n) is 0.798. The molecule has 0 saturated heterocycles. The minimum absolute atomic E-state index is 0.955. The first-order chi connectivity index (χ1) is 3.56. The van der Waals surface area contributed by atoms with Gasteiger partial charge >= 0.3 is 0 Å². The predicted molar refractivity (Wildman–Crippen MR) is 38.4 cm³/mol. The van der Waals surface area contributed by atoms with E-state index < -0.39 is 8.07 Å². The second-order valence-electron chi connectivity index (χ2n) is 3.09. The molecule has 0 rings (SSSR count). The first-order valence-electron chi connectivity index (χ1n) is 2.75. The van der Waals surface area contributed by atoms with Crippen molar-refractivity contribution in [3.05, 3.63) is 6.08 Å². The van der Waals surface area contributed by atoms with Crippen molar-refractivity contribution >= 4 is 14.0 Å². The third-order valence-corrected chi connectivity index (χ3v) is 2.23. The standard InChI is InChI=1S/C6H12OSi/c1-8(2,3)6-4-5-7/h4H,6H2,1-3H3. The van der Waals surface area contributed by atoms with Gasteiger partial charge in [0.15, 0.2) is 0 Å². The van der Waals surface area contributed by atoms with Gasteiger partial charge in [0.25, 0.3) is 0 Å². The van der Waals surface area contributed by atoms with Gasteiger partial charge in [0.2, 0.25) is 0 Å². The lowest BCUT2D eigenvalue weighted by Crippen LogP contribution is -2.17. The topological polar surface area (TPSA) is 17.1 Å². The molecule has 0 radical (unpaired) electrons. The Hall–Kier alpha value is -0.333. The van der Waals surface area contributed by atoms with Crippen LogP contribution >= 0.6 is 0 Å². The maximum absolute atomic E-state index is 9.69. The largest absolute Gasteiger partial charge is 0.234 e. The third kappa shape index (κ3) is 5.67. The van der Waals surface area contributed by atoms with Gasteiger partial charge in [-0.3, -0.25) is 0 Å². The molecule has 0 aliphatic heterocycles. The summed E-state index contributed by atoms with van der Waals surface area (Å²) >= 11 is 0. The van der Waals surface area contributed by atoms with Crippen molar-refractivity contribution in [3.8, 4) is 0 Å². The highest BCUT2D eigenvalue weighted by atomic mass is 28.3. The Bertz CT molecular complexity index is 106. The van der Waals surface area contributed by atoms with Gasteiger partial charge < -0.3 is 0 Å². The molecule has 1 nitrogen and oxygen atoms in total. The maximum atomic E-state index is 9.69. The highest BCUT2D eigenvalue weighted by Gasteiger charge is 2.09. The van der Waals surface area contributed by atoms with Crippen molar-refractivity contribution in [2.75, 3.05) is 0 Å². The molecule has 0 spiro atoms. The summed E-state index contributed by atoms with van der Waals surface area (Å²) in [5.74, 6) is 1.78. The molecule has 0 saturated carbocycles. The molecule has 0 atom stereocenters. The van der Waals surface area contributed by atoms with E-state index in [4.69, 9.17) is 0 Å². The molecule has 0 aromatic rings. The summed E-state index contributed by atoms with van der Waals surface area (Å²) in [5, 5.41) is 0. The van der Waals surface area contributed by atoms with Crippen LogP contribution in [0.1, 0.15) is 0 Å². The lowest BCUT2D eigenvalue weighted by molar-refractivity contribution is 0.568. The molecule has 0 heterocycles. The quantitative estimate of drug-likeness (QED) is 0.409. The average molecular weight is 128 g/mol. The van der Waals surface area contributed by atoms with Gasteiger partial charge in [0.1, 0.15) is 5.94 Å². The van der Waals surface area contributed by atoms with Crippen molar-refractivity contribution in [3.63, 3.8) is 0 Å². The molecule has 2 heteroatoms. The highest BCUT2D eigenvalue weighted by molar-refractivity contribution is 6.76. The molecule has 0 N–H and O–H groups in total. The molecule has 0 aromatic heterocycles. The number of allylic oxidation sites excluding steroid dienone is 1. The summed E-state index contributed by atoms with van der Waals surface area (Å²) in [5.41, 5.74) is 0. The van der Waals surface area contributed by atoms with Crippen LogP contribution in [0.25, 0.3) is 0 Å². The Morgan fingerprint density at radius 1 is 1.50 bits per heavy atom. The SMILES string of the molecule is C[Si](C)(C)CC=C=O. The van der Waals surface area contributed by atoms with E-state index in [-0.39, 0.29) is 0 Å². The molecular formula is C6H12OSi. The van der Waals surface area contributed by atoms with E-state index in [0.29, 0.717) is 0 Å². The Morgan fingerprint density at radius 2 is 2.00 bits per heavy atom. The lowest BCUT2D eigenvalue weighted by atomic mass is 10.7. The first kappa shape index (κ1) is 7.67. The zero-order valence-corrected chi connectivity index (χ0v) is 6.69. The van der Waals surface area contributed by atoms with Gasteiger partial charge in [-0.05, 0) is 12.1 Å². The van der Waals surface area contributed by atoms with E-state index in [1.54, 1.807) is 12.0 Å². The van der Waals surface area contributed by atoms with Crippen LogP contribution in [-0.2, 0) is 4.79 Å². The molecule has 0 aliphatic rings. The molecule has 8 heavy (non-hydrogen) atoms. The summed E-state index contributed by atoms with van der Waals surface area (Å²) in [6.07, 6.45) is 1.59. The number of hydrogen-bond acceptors (Lipinski definition) is 1. The summed E-state index contributed by atoms with van der Waals surface area (Å²) in [6, 6.07) is 0.955.